The molecule has 0 saturated carbocycles. The Morgan fingerprint density at radius 1 is 0.465 bits per heavy atom. The molecule has 2 aromatic heterocycles. The maximum atomic E-state index is 4.93. The summed E-state index contributed by atoms with van der Waals surface area (Å²) in [5, 5.41) is 2.53. The van der Waals surface area contributed by atoms with Crippen LogP contribution in [0.4, 0.5) is 17.1 Å². The minimum Gasteiger partial charge on any atom is -0.311 e. The molecule has 204 valence electrons. The van der Waals surface area contributed by atoms with Crippen molar-refractivity contribution < 1.29 is 0 Å². The molecule has 0 atom stereocenters. The number of halogens is 1. The van der Waals surface area contributed by atoms with Crippen molar-refractivity contribution in [3.63, 3.8) is 0 Å². The van der Waals surface area contributed by atoms with Crippen LogP contribution < -0.4 is 4.90 Å². The van der Waals surface area contributed by atoms with Crippen LogP contribution in [0.2, 0.25) is 0 Å². The Morgan fingerprint density at radius 2 is 0.953 bits per heavy atom. The molecule has 8 aromatic rings. The summed E-state index contributed by atoms with van der Waals surface area (Å²) in [4.78, 5) is 12.0. The second-order valence-corrected chi connectivity index (χ2v) is 11.5. The van der Waals surface area contributed by atoms with Crippen molar-refractivity contribution in [2.75, 3.05) is 4.90 Å². The Labute approximate surface area is 263 Å². The normalized spacial score (nSPS) is 11.4. The molecule has 8 rings (SSSR count). The molecule has 0 unspecified atom stereocenters. The highest BCUT2D eigenvalue weighted by molar-refractivity contribution is 14.1. The lowest BCUT2D eigenvalue weighted by Crippen LogP contribution is -2.10. The van der Waals surface area contributed by atoms with Crippen LogP contribution in [0.25, 0.3) is 49.8 Å². The highest BCUT2D eigenvalue weighted by Crippen LogP contribution is 2.37. The predicted molar refractivity (Wildman–Crippen MR) is 187 cm³/mol. The van der Waals surface area contributed by atoms with E-state index in [4.69, 9.17) is 9.97 Å². The maximum absolute atomic E-state index is 4.93. The van der Waals surface area contributed by atoms with E-state index in [1.807, 2.05) is 24.3 Å². The lowest BCUT2D eigenvalue weighted by molar-refractivity contribution is 1.17. The van der Waals surface area contributed by atoms with E-state index >= 15 is 0 Å². The SMILES string of the molecule is Ic1nc2ccccc2nc1-c1ccc(N(c2ccccc2)c2ccc(-n3c4ccccc4c4ccccc43)cc2)cc1. The number of fused-ring (bicyclic) bond motifs is 4. The van der Waals surface area contributed by atoms with E-state index in [0.717, 1.165) is 48.7 Å². The summed E-state index contributed by atoms with van der Waals surface area (Å²) in [7, 11) is 0. The highest BCUT2D eigenvalue weighted by atomic mass is 127. The van der Waals surface area contributed by atoms with Crippen molar-refractivity contribution in [3.8, 4) is 16.9 Å². The monoisotopic (exact) mass is 664 g/mol. The molecule has 0 spiro atoms. The summed E-state index contributed by atoms with van der Waals surface area (Å²) < 4.78 is 3.24. The molecule has 6 aromatic carbocycles. The minimum atomic E-state index is 0.893. The number of benzene rings is 6. The van der Waals surface area contributed by atoms with Crippen molar-refractivity contribution in [2.45, 2.75) is 0 Å². The third-order valence-electron chi connectivity index (χ3n) is 7.89. The Morgan fingerprint density at radius 3 is 1.58 bits per heavy atom. The molecular formula is C38H25IN4. The summed E-state index contributed by atoms with van der Waals surface area (Å²) in [5.41, 5.74) is 10.6. The Kier molecular flexibility index (Phi) is 6.38. The van der Waals surface area contributed by atoms with Crippen LogP contribution in [0.3, 0.4) is 0 Å². The second kappa shape index (κ2) is 10.7. The largest absolute Gasteiger partial charge is 0.311 e. The zero-order valence-corrected chi connectivity index (χ0v) is 25.3. The Hall–Kier alpha value is -5.01. The third kappa shape index (κ3) is 4.53. The number of rotatable bonds is 5. The van der Waals surface area contributed by atoms with Gasteiger partial charge in [-0.2, -0.15) is 0 Å². The fourth-order valence-electron chi connectivity index (χ4n) is 5.91. The van der Waals surface area contributed by atoms with Gasteiger partial charge in [0, 0.05) is 39.1 Å². The summed E-state index contributed by atoms with van der Waals surface area (Å²) >= 11 is 2.28. The van der Waals surface area contributed by atoms with Crippen LogP contribution >= 0.6 is 22.6 Å². The van der Waals surface area contributed by atoms with Crippen molar-refractivity contribution in [1.29, 1.82) is 0 Å². The molecule has 5 heteroatoms. The number of nitrogens with zero attached hydrogens (tertiary/aromatic N) is 4. The average Bonchev–Trinajstić information content (AvgIpc) is 3.40. The fraction of sp³-hybridized carbons (Fsp3) is 0. The van der Waals surface area contributed by atoms with Gasteiger partial charge in [-0.25, -0.2) is 9.97 Å². The van der Waals surface area contributed by atoms with E-state index in [2.05, 4.69) is 159 Å². The summed E-state index contributed by atoms with van der Waals surface area (Å²) in [6.45, 7) is 0. The first-order valence-corrected chi connectivity index (χ1v) is 15.3. The predicted octanol–water partition coefficient (Wildman–Crippen LogP) is 10.5. The number of anilines is 3. The first kappa shape index (κ1) is 25.7. The van der Waals surface area contributed by atoms with Gasteiger partial charge in [0.25, 0.3) is 0 Å². The van der Waals surface area contributed by atoms with Crippen LogP contribution in [0.15, 0.2) is 152 Å². The third-order valence-corrected chi connectivity index (χ3v) is 8.64. The number of hydrogen-bond acceptors (Lipinski definition) is 3. The molecule has 4 nitrogen and oxygen atoms in total. The first-order valence-electron chi connectivity index (χ1n) is 14.2. The van der Waals surface area contributed by atoms with Gasteiger partial charge in [0.15, 0.2) is 0 Å². The van der Waals surface area contributed by atoms with Gasteiger partial charge >= 0.3 is 0 Å². The molecule has 0 aliphatic carbocycles. The van der Waals surface area contributed by atoms with Gasteiger partial charge in [-0.1, -0.05) is 78.9 Å². The lowest BCUT2D eigenvalue weighted by atomic mass is 10.1. The van der Waals surface area contributed by atoms with Gasteiger partial charge in [-0.3, -0.25) is 0 Å². The van der Waals surface area contributed by atoms with E-state index in [9.17, 15) is 0 Å². The minimum absolute atomic E-state index is 0.893. The van der Waals surface area contributed by atoms with Gasteiger partial charge in [0.05, 0.1) is 22.1 Å². The van der Waals surface area contributed by atoms with E-state index in [-0.39, 0.29) is 0 Å². The van der Waals surface area contributed by atoms with E-state index in [1.54, 1.807) is 0 Å². The molecule has 0 fully saturated rings. The molecule has 0 aliphatic heterocycles. The summed E-state index contributed by atoms with van der Waals surface area (Å²) in [6.07, 6.45) is 0. The molecule has 0 aliphatic rings. The molecule has 2 heterocycles. The number of para-hydroxylation sites is 5. The zero-order valence-electron chi connectivity index (χ0n) is 23.1. The quantitative estimate of drug-likeness (QED) is 0.172. The van der Waals surface area contributed by atoms with Crippen molar-refractivity contribution in [2.24, 2.45) is 0 Å². The van der Waals surface area contributed by atoms with Crippen LogP contribution in [0.5, 0.6) is 0 Å². The molecule has 0 saturated heterocycles. The van der Waals surface area contributed by atoms with E-state index in [1.165, 1.54) is 21.8 Å². The van der Waals surface area contributed by atoms with E-state index in [0.29, 0.717) is 0 Å². The summed E-state index contributed by atoms with van der Waals surface area (Å²) in [6, 6.07) is 53.2. The standard InChI is InChI=1S/C38H25IN4/c39-38-37(40-33-14-6-7-15-34(33)41-38)26-18-20-28(21-19-26)42(27-10-2-1-3-11-27)29-22-24-30(25-23-29)43-35-16-8-4-12-31(35)32-13-5-9-17-36(32)43/h1-25H. The van der Waals surface area contributed by atoms with Crippen molar-refractivity contribution >= 4 is 72.5 Å². The average molecular weight is 665 g/mol. The van der Waals surface area contributed by atoms with Crippen LogP contribution in [0.1, 0.15) is 0 Å². The van der Waals surface area contributed by atoms with Crippen molar-refractivity contribution in [1.82, 2.24) is 14.5 Å². The molecule has 43 heavy (non-hydrogen) atoms. The highest BCUT2D eigenvalue weighted by Gasteiger charge is 2.16. The molecular weight excluding hydrogens is 639 g/mol. The topological polar surface area (TPSA) is 34.0 Å². The maximum Gasteiger partial charge on any atom is 0.128 e. The summed E-state index contributed by atoms with van der Waals surface area (Å²) in [5.74, 6) is 0. The van der Waals surface area contributed by atoms with Crippen LogP contribution in [-0.2, 0) is 0 Å². The van der Waals surface area contributed by atoms with E-state index < -0.39 is 0 Å². The van der Waals surface area contributed by atoms with Gasteiger partial charge in [0.2, 0.25) is 0 Å². The van der Waals surface area contributed by atoms with Crippen molar-refractivity contribution in [3.05, 3.63) is 155 Å². The van der Waals surface area contributed by atoms with Crippen LogP contribution in [0, 0.1) is 3.70 Å². The fourth-order valence-corrected chi connectivity index (χ4v) is 6.60. The molecule has 0 amide bonds. The molecule has 0 radical (unpaired) electrons. The van der Waals surface area contributed by atoms with Gasteiger partial charge in [-0.15, -0.1) is 0 Å². The van der Waals surface area contributed by atoms with Gasteiger partial charge in [-0.05, 0) is 95.4 Å². The molecule has 0 bridgehead atoms. The molecule has 0 N–H and O–H groups in total. The number of hydrogen-bond donors (Lipinski definition) is 0. The number of aromatic nitrogens is 3. The Bertz CT molecular complexity index is 2180. The van der Waals surface area contributed by atoms with Gasteiger partial charge in [0.1, 0.15) is 9.39 Å². The zero-order chi connectivity index (χ0) is 28.8. The lowest BCUT2D eigenvalue weighted by Gasteiger charge is -2.26. The second-order valence-electron chi connectivity index (χ2n) is 10.5. The smallest absolute Gasteiger partial charge is 0.128 e. The van der Waals surface area contributed by atoms with Crippen LogP contribution in [-0.4, -0.2) is 14.5 Å². The Balaban J connectivity index is 1.20. The van der Waals surface area contributed by atoms with Gasteiger partial charge < -0.3 is 9.47 Å². The first-order chi connectivity index (χ1) is 21.2.